The molecule has 0 fully saturated rings. The molecule has 0 unspecified atom stereocenters. The fraction of sp³-hybridized carbons (Fsp3) is 0.120. The smallest absolute Gasteiger partial charge is 0.252 e. The molecule has 0 spiro atoms. The Hall–Kier alpha value is -4.17. The van der Waals surface area contributed by atoms with Gasteiger partial charge in [0.05, 0.1) is 5.56 Å². The zero-order valence-electron chi connectivity index (χ0n) is 17.7. The van der Waals surface area contributed by atoms with Crippen molar-refractivity contribution in [1.82, 2.24) is 25.3 Å². The van der Waals surface area contributed by atoms with Crippen LogP contribution in [0.3, 0.4) is 0 Å². The van der Waals surface area contributed by atoms with Gasteiger partial charge in [-0.15, -0.1) is 0 Å². The molecule has 0 aliphatic carbocycles. The standard InChI is InChI=1S/C25H21FN6O/c26-22-11-16(9-19-18(4-8-29-23(19)22)15-3-1-6-28-12-15)21-14-32-24-20(21)10-17(13-31-24)25(33)30-7-2-5-27/h1,3-4,6,8-14H,2,5,7,27H2,(H,30,33)(H,31,32). The van der Waals surface area contributed by atoms with Gasteiger partial charge in [-0.05, 0) is 54.4 Å². The Morgan fingerprint density at radius 1 is 1.03 bits per heavy atom. The maximum absolute atomic E-state index is 15.1. The first-order valence-electron chi connectivity index (χ1n) is 10.6. The summed E-state index contributed by atoms with van der Waals surface area (Å²) in [5.41, 5.74) is 9.94. The van der Waals surface area contributed by atoms with Crippen molar-refractivity contribution in [2.75, 3.05) is 13.1 Å². The van der Waals surface area contributed by atoms with Crippen LogP contribution in [0.2, 0.25) is 0 Å². The molecule has 1 aromatic carbocycles. The molecule has 33 heavy (non-hydrogen) atoms. The lowest BCUT2D eigenvalue weighted by Crippen LogP contribution is -2.26. The summed E-state index contributed by atoms with van der Waals surface area (Å²) < 4.78 is 15.1. The Bertz CT molecular complexity index is 1460. The fourth-order valence-electron chi connectivity index (χ4n) is 3.91. The van der Waals surface area contributed by atoms with Gasteiger partial charge in [0.25, 0.3) is 5.91 Å². The summed E-state index contributed by atoms with van der Waals surface area (Å²) in [6, 6.07) is 10.7. The minimum Gasteiger partial charge on any atom is -0.352 e. The molecule has 0 saturated carbocycles. The normalized spacial score (nSPS) is 11.2. The number of hydrogen-bond acceptors (Lipinski definition) is 5. The Kier molecular flexibility index (Phi) is 5.50. The summed E-state index contributed by atoms with van der Waals surface area (Å²) in [4.78, 5) is 28.4. The first kappa shape index (κ1) is 20.7. The highest BCUT2D eigenvalue weighted by atomic mass is 19.1. The van der Waals surface area contributed by atoms with Crippen molar-refractivity contribution >= 4 is 27.8 Å². The van der Waals surface area contributed by atoms with Crippen LogP contribution in [0.5, 0.6) is 0 Å². The summed E-state index contributed by atoms with van der Waals surface area (Å²) >= 11 is 0. The minimum absolute atomic E-state index is 0.224. The predicted octanol–water partition coefficient (Wildman–Crippen LogP) is 4.06. The average molecular weight is 440 g/mol. The van der Waals surface area contributed by atoms with Gasteiger partial charge in [0.1, 0.15) is 17.0 Å². The van der Waals surface area contributed by atoms with E-state index in [0.717, 1.165) is 22.1 Å². The van der Waals surface area contributed by atoms with E-state index in [1.807, 2.05) is 24.3 Å². The lowest BCUT2D eigenvalue weighted by molar-refractivity contribution is 0.0953. The lowest BCUT2D eigenvalue weighted by atomic mass is 9.97. The monoisotopic (exact) mass is 440 g/mol. The van der Waals surface area contributed by atoms with E-state index in [0.29, 0.717) is 41.7 Å². The molecule has 5 rings (SSSR count). The van der Waals surface area contributed by atoms with Gasteiger partial charge in [0, 0.05) is 59.4 Å². The van der Waals surface area contributed by atoms with Crippen LogP contribution in [0.25, 0.3) is 44.2 Å². The zero-order valence-corrected chi connectivity index (χ0v) is 17.7. The highest BCUT2D eigenvalue weighted by Crippen LogP contribution is 2.35. The van der Waals surface area contributed by atoms with E-state index >= 15 is 4.39 Å². The summed E-state index contributed by atoms with van der Waals surface area (Å²) in [6.07, 6.45) is 9.02. The van der Waals surface area contributed by atoms with Gasteiger partial charge < -0.3 is 16.0 Å². The van der Waals surface area contributed by atoms with Crippen LogP contribution in [-0.4, -0.2) is 38.9 Å². The van der Waals surface area contributed by atoms with E-state index in [1.54, 1.807) is 30.9 Å². The molecule has 0 atom stereocenters. The van der Waals surface area contributed by atoms with E-state index in [4.69, 9.17) is 5.73 Å². The molecule has 0 aliphatic rings. The number of H-pyrrole nitrogens is 1. The molecule has 0 aliphatic heterocycles. The quantitative estimate of drug-likeness (QED) is 0.345. The van der Waals surface area contributed by atoms with Gasteiger partial charge in [-0.1, -0.05) is 6.07 Å². The second-order valence-corrected chi connectivity index (χ2v) is 7.68. The molecule has 4 heterocycles. The number of carbonyl (C=O) groups excluding carboxylic acids is 1. The minimum atomic E-state index is -0.425. The molecule has 0 saturated heterocycles. The van der Waals surface area contributed by atoms with Crippen LogP contribution in [0.4, 0.5) is 4.39 Å². The Morgan fingerprint density at radius 3 is 2.76 bits per heavy atom. The number of rotatable bonds is 6. The number of nitrogens with two attached hydrogens (primary N) is 1. The number of hydrogen-bond donors (Lipinski definition) is 3. The van der Waals surface area contributed by atoms with Crippen molar-refractivity contribution in [3.05, 3.63) is 78.8 Å². The van der Waals surface area contributed by atoms with E-state index < -0.39 is 5.82 Å². The number of nitrogens with one attached hydrogen (secondary N) is 2. The molecule has 4 aromatic heterocycles. The molecule has 0 radical (unpaired) electrons. The van der Waals surface area contributed by atoms with Crippen molar-refractivity contribution in [3.8, 4) is 22.3 Å². The molecule has 5 aromatic rings. The first-order chi connectivity index (χ1) is 16.2. The van der Waals surface area contributed by atoms with Crippen LogP contribution in [0, 0.1) is 5.82 Å². The molecule has 1 amide bonds. The zero-order chi connectivity index (χ0) is 22.8. The molecular weight excluding hydrogens is 419 g/mol. The highest BCUT2D eigenvalue weighted by molar-refractivity contribution is 6.03. The summed E-state index contributed by atoms with van der Waals surface area (Å²) in [7, 11) is 0. The van der Waals surface area contributed by atoms with Crippen LogP contribution in [-0.2, 0) is 0 Å². The van der Waals surface area contributed by atoms with Crippen LogP contribution >= 0.6 is 0 Å². The number of pyridine rings is 3. The SMILES string of the molecule is NCCCNC(=O)c1cnc2[nH]cc(-c3cc(F)c4nccc(-c5cccnc5)c4c3)c2c1. The van der Waals surface area contributed by atoms with Crippen molar-refractivity contribution < 1.29 is 9.18 Å². The topological polar surface area (TPSA) is 110 Å². The Morgan fingerprint density at radius 2 is 1.94 bits per heavy atom. The maximum Gasteiger partial charge on any atom is 0.252 e. The average Bonchev–Trinajstić information content (AvgIpc) is 3.27. The summed E-state index contributed by atoms with van der Waals surface area (Å²) in [6.45, 7) is 0.996. The molecule has 7 nitrogen and oxygen atoms in total. The first-order valence-corrected chi connectivity index (χ1v) is 10.6. The van der Waals surface area contributed by atoms with Gasteiger partial charge in [-0.25, -0.2) is 9.37 Å². The number of amides is 1. The van der Waals surface area contributed by atoms with Gasteiger partial charge in [0.2, 0.25) is 0 Å². The molecule has 164 valence electrons. The van der Waals surface area contributed by atoms with Crippen molar-refractivity contribution in [3.63, 3.8) is 0 Å². The van der Waals surface area contributed by atoms with E-state index in [9.17, 15) is 4.79 Å². The summed E-state index contributed by atoms with van der Waals surface area (Å²) in [5.74, 6) is -0.649. The molecular formula is C25H21FN6O. The number of carbonyl (C=O) groups is 1. The van der Waals surface area contributed by atoms with Crippen molar-refractivity contribution in [2.24, 2.45) is 5.73 Å². The Labute approximate surface area is 188 Å². The second-order valence-electron chi connectivity index (χ2n) is 7.68. The van der Waals surface area contributed by atoms with Crippen molar-refractivity contribution in [2.45, 2.75) is 6.42 Å². The third-order valence-electron chi connectivity index (χ3n) is 5.54. The number of nitrogens with zero attached hydrogens (tertiary/aromatic N) is 3. The van der Waals surface area contributed by atoms with Crippen LogP contribution < -0.4 is 11.1 Å². The van der Waals surface area contributed by atoms with Crippen LogP contribution in [0.15, 0.2) is 67.4 Å². The van der Waals surface area contributed by atoms with E-state index in [1.165, 1.54) is 12.3 Å². The van der Waals surface area contributed by atoms with Gasteiger partial charge in [0.15, 0.2) is 0 Å². The number of fused-ring (bicyclic) bond motifs is 2. The largest absolute Gasteiger partial charge is 0.352 e. The number of aromatic nitrogens is 4. The summed E-state index contributed by atoms with van der Waals surface area (Å²) in [5, 5.41) is 4.24. The lowest BCUT2D eigenvalue weighted by Gasteiger charge is -2.09. The fourth-order valence-corrected chi connectivity index (χ4v) is 3.91. The number of halogens is 1. The van der Waals surface area contributed by atoms with Gasteiger partial charge >= 0.3 is 0 Å². The third-order valence-corrected chi connectivity index (χ3v) is 5.54. The van der Waals surface area contributed by atoms with E-state index in [2.05, 4.69) is 25.3 Å². The number of benzene rings is 1. The van der Waals surface area contributed by atoms with E-state index in [-0.39, 0.29) is 11.4 Å². The van der Waals surface area contributed by atoms with Gasteiger partial charge in [-0.2, -0.15) is 0 Å². The second kappa shape index (κ2) is 8.76. The third kappa shape index (κ3) is 3.92. The maximum atomic E-state index is 15.1. The molecule has 0 bridgehead atoms. The Balaban J connectivity index is 1.62. The van der Waals surface area contributed by atoms with Crippen molar-refractivity contribution in [1.29, 1.82) is 0 Å². The number of aromatic amines is 1. The van der Waals surface area contributed by atoms with Gasteiger partial charge in [-0.3, -0.25) is 14.8 Å². The predicted molar refractivity (Wildman–Crippen MR) is 126 cm³/mol. The molecule has 8 heteroatoms. The van der Waals surface area contributed by atoms with Crippen LogP contribution in [0.1, 0.15) is 16.8 Å². The highest BCUT2D eigenvalue weighted by Gasteiger charge is 2.16. The molecule has 4 N–H and O–H groups in total.